The maximum atomic E-state index is 12.2. The molecule has 15 heavy (non-hydrogen) atoms. The van der Waals surface area contributed by atoms with Crippen molar-refractivity contribution >= 4 is 17.3 Å². The van der Waals surface area contributed by atoms with Gasteiger partial charge in [0.1, 0.15) is 17.3 Å². The molecule has 0 unspecified atom stereocenters. The molecule has 0 aliphatic heterocycles. The van der Waals surface area contributed by atoms with Crippen molar-refractivity contribution in [3.8, 4) is 6.07 Å². The van der Waals surface area contributed by atoms with E-state index in [1.165, 1.54) is 6.07 Å². The summed E-state index contributed by atoms with van der Waals surface area (Å²) in [4.78, 5) is 12.6. The lowest BCUT2D eigenvalue weighted by Gasteiger charge is -2.01. The summed E-state index contributed by atoms with van der Waals surface area (Å²) in [5.74, 6) is 0. The molecule has 0 saturated carbocycles. The Kier molecular flexibility index (Phi) is 3.11. The van der Waals surface area contributed by atoms with E-state index in [1.807, 2.05) is 0 Å². The van der Waals surface area contributed by atoms with Crippen molar-refractivity contribution in [3.05, 3.63) is 32.6 Å². The third kappa shape index (κ3) is 2.16. The van der Waals surface area contributed by atoms with Gasteiger partial charge in [0.15, 0.2) is 0 Å². The minimum absolute atomic E-state index is 0.532. The number of pyridine rings is 1. The van der Waals surface area contributed by atoms with Gasteiger partial charge in [0.25, 0.3) is 6.43 Å². The van der Waals surface area contributed by atoms with Crippen LogP contribution in [-0.4, -0.2) is 9.91 Å². The molecule has 0 N–H and O–H groups in total. The van der Waals surface area contributed by atoms with Crippen molar-refractivity contribution in [1.82, 2.24) is 4.98 Å². The van der Waals surface area contributed by atoms with Gasteiger partial charge in [-0.05, 0) is 6.07 Å². The summed E-state index contributed by atoms with van der Waals surface area (Å²) in [6.07, 6.45) is -2.93. The largest absolute Gasteiger partial charge is 0.324 e. The molecule has 0 saturated heterocycles. The Labute approximate surface area is 87.1 Å². The summed E-state index contributed by atoms with van der Waals surface area (Å²) in [5, 5.41) is 18.2. The molecule has 0 bridgehead atoms. The first-order valence-electron chi connectivity index (χ1n) is 3.50. The number of aromatic nitrogens is 1. The van der Waals surface area contributed by atoms with Crippen molar-refractivity contribution < 1.29 is 13.7 Å². The molecule has 0 amide bonds. The number of hydrogen-bond donors (Lipinski definition) is 0. The number of rotatable bonds is 2. The number of hydrogen-bond acceptors (Lipinski definition) is 4. The van der Waals surface area contributed by atoms with Crippen LogP contribution in [0.15, 0.2) is 6.07 Å². The third-order valence-corrected chi connectivity index (χ3v) is 1.76. The molecule has 1 rings (SSSR count). The van der Waals surface area contributed by atoms with Crippen molar-refractivity contribution in [2.24, 2.45) is 0 Å². The number of nitriles is 1. The second-order valence-electron chi connectivity index (χ2n) is 2.40. The van der Waals surface area contributed by atoms with Crippen LogP contribution < -0.4 is 0 Å². The summed E-state index contributed by atoms with van der Waals surface area (Å²) in [6, 6.07) is 2.06. The molecule has 8 heteroatoms. The van der Waals surface area contributed by atoms with E-state index < -0.39 is 33.4 Å². The summed E-state index contributed by atoms with van der Waals surface area (Å²) in [7, 11) is 0. The smallest absolute Gasteiger partial charge is 0.258 e. The highest BCUT2D eigenvalue weighted by Crippen LogP contribution is 2.29. The Balaban J connectivity index is 3.46. The molecule has 1 aromatic rings. The molecule has 1 aromatic heterocycles. The molecule has 0 fully saturated rings. The van der Waals surface area contributed by atoms with Gasteiger partial charge in [0.05, 0.1) is 4.92 Å². The van der Waals surface area contributed by atoms with Crippen LogP contribution in [0.2, 0.25) is 5.15 Å². The summed E-state index contributed by atoms with van der Waals surface area (Å²) in [6.45, 7) is 0. The van der Waals surface area contributed by atoms with Crippen LogP contribution in [0.5, 0.6) is 0 Å². The van der Waals surface area contributed by atoms with Gasteiger partial charge in [-0.1, -0.05) is 11.6 Å². The van der Waals surface area contributed by atoms with Crippen molar-refractivity contribution in [3.63, 3.8) is 0 Å². The van der Waals surface area contributed by atoms with Crippen LogP contribution in [0.4, 0.5) is 14.5 Å². The SMILES string of the molecule is N#Cc1cc(C(F)F)nc(Cl)c1[N+](=O)[O-]. The highest BCUT2D eigenvalue weighted by atomic mass is 35.5. The number of nitrogens with zero attached hydrogens (tertiary/aromatic N) is 3. The van der Waals surface area contributed by atoms with E-state index in [1.54, 1.807) is 0 Å². The van der Waals surface area contributed by atoms with E-state index in [0.717, 1.165) is 0 Å². The van der Waals surface area contributed by atoms with E-state index in [-0.39, 0.29) is 0 Å². The topological polar surface area (TPSA) is 79.8 Å². The standard InChI is InChI=1S/C7H2ClF2N3O2/c8-6-5(13(14)15)3(2-11)1-4(12-6)7(9)10/h1,7H. The van der Waals surface area contributed by atoms with E-state index in [4.69, 9.17) is 16.9 Å². The Morgan fingerprint density at radius 1 is 1.67 bits per heavy atom. The Morgan fingerprint density at radius 2 is 2.27 bits per heavy atom. The zero-order valence-corrected chi connectivity index (χ0v) is 7.70. The minimum Gasteiger partial charge on any atom is -0.258 e. The van der Waals surface area contributed by atoms with Gasteiger partial charge in [-0.25, -0.2) is 13.8 Å². The van der Waals surface area contributed by atoms with Gasteiger partial charge < -0.3 is 0 Å². The van der Waals surface area contributed by atoms with E-state index in [2.05, 4.69) is 4.98 Å². The summed E-state index contributed by atoms with van der Waals surface area (Å²) >= 11 is 5.32. The minimum atomic E-state index is -2.93. The normalized spacial score (nSPS) is 10.1. The van der Waals surface area contributed by atoms with Gasteiger partial charge in [-0.15, -0.1) is 0 Å². The lowest BCUT2D eigenvalue weighted by Crippen LogP contribution is -1.99. The van der Waals surface area contributed by atoms with E-state index >= 15 is 0 Å². The van der Waals surface area contributed by atoms with Crippen molar-refractivity contribution in [2.45, 2.75) is 6.43 Å². The molecule has 0 aromatic carbocycles. The average Bonchev–Trinajstić information content (AvgIpc) is 2.15. The van der Waals surface area contributed by atoms with Crippen LogP contribution in [0.1, 0.15) is 17.7 Å². The fourth-order valence-corrected chi connectivity index (χ4v) is 1.17. The molecule has 78 valence electrons. The second-order valence-corrected chi connectivity index (χ2v) is 2.76. The molecule has 1 heterocycles. The highest BCUT2D eigenvalue weighted by Gasteiger charge is 2.24. The van der Waals surface area contributed by atoms with Crippen LogP contribution in [-0.2, 0) is 0 Å². The molecule has 0 aliphatic carbocycles. The fourth-order valence-electron chi connectivity index (χ4n) is 0.897. The third-order valence-electron chi connectivity index (χ3n) is 1.50. The Morgan fingerprint density at radius 3 is 2.67 bits per heavy atom. The predicted octanol–water partition coefficient (Wildman–Crippen LogP) is 2.45. The number of alkyl halides is 2. The van der Waals surface area contributed by atoms with Crippen LogP contribution in [0, 0.1) is 21.4 Å². The fraction of sp³-hybridized carbons (Fsp3) is 0.143. The zero-order chi connectivity index (χ0) is 11.6. The average molecular weight is 234 g/mol. The van der Waals surface area contributed by atoms with Gasteiger partial charge in [-0.2, -0.15) is 5.26 Å². The zero-order valence-electron chi connectivity index (χ0n) is 6.95. The quantitative estimate of drug-likeness (QED) is 0.446. The van der Waals surface area contributed by atoms with Crippen LogP contribution >= 0.6 is 11.6 Å². The predicted molar refractivity (Wildman–Crippen MR) is 45.6 cm³/mol. The molecule has 0 aliphatic rings. The second kappa shape index (κ2) is 4.14. The van der Waals surface area contributed by atoms with Gasteiger partial charge in [0.2, 0.25) is 5.15 Å². The molecular formula is C7H2ClF2N3O2. The van der Waals surface area contributed by atoms with Crippen LogP contribution in [0.25, 0.3) is 0 Å². The summed E-state index contributed by atoms with van der Waals surface area (Å²) in [5.41, 5.74) is -2.05. The first-order valence-corrected chi connectivity index (χ1v) is 3.88. The van der Waals surface area contributed by atoms with Crippen molar-refractivity contribution in [1.29, 1.82) is 5.26 Å². The molecular weight excluding hydrogens is 232 g/mol. The van der Waals surface area contributed by atoms with Gasteiger partial charge in [-0.3, -0.25) is 10.1 Å². The summed E-state index contributed by atoms with van der Waals surface area (Å²) < 4.78 is 24.4. The molecule has 5 nitrogen and oxygen atoms in total. The Hall–Kier alpha value is -1.81. The number of halogens is 3. The lowest BCUT2D eigenvalue weighted by atomic mass is 10.2. The molecule has 0 atom stereocenters. The van der Waals surface area contributed by atoms with Gasteiger partial charge in [0, 0.05) is 0 Å². The maximum absolute atomic E-state index is 12.2. The maximum Gasteiger partial charge on any atom is 0.324 e. The van der Waals surface area contributed by atoms with Crippen LogP contribution in [0.3, 0.4) is 0 Å². The van der Waals surface area contributed by atoms with Gasteiger partial charge >= 0.3 is 5.69 Å². The first kappa shape index (κ1) is 11.3. The Bertz CT molecular complexity index is 458. The molecule has 0 spiro atoms. The highest BCUT2D eigenvalue weighted by molar-refractivity contribution is 6.31. The van der Waals surface area contributed by atoms with E-state index in [9.17, 15) is 18.9 Å². The van der Waals surface area contributed by atoms with Crippen molar-refractivity contribution in [2.75, 3.05) is 0 Å². The number of nitro groups is 1. The molecule has 0 radical (unpaired) electrons. The lowest BCUT2D eigenvalue weighted by molar-refractivity contribution is -0.385. The first-order chi connectivity index (χ1) is 6.97. The van der Waals surface area contributed by atoms with E-state index in [0.29, 0.717) is 6.07 Å². The monoisotopic (exact) mass is 233 g/mol.